The summed E-state index contributed by atoms with van der Waals surface area (Å²) in [6.45, 7) is 0. The molecule has 1 atom stereocenters. The molecule has 1 heterocycles. The molecule has 2 rings (SSSR count). The molecule has 0 bridgehead atoms. The lowest BCUT2D eigenvalue weighted by atomic mass is 10.0. The van der Waals surface area contributed by atoms with Crippen molar-refractivity contribution < 1.29 is 4.42 Å². The molecule has 16 heavy (non-hydrogen) atoms. The van der Waals surface area contributed by atoms with Crippen LogP contribution in [-0.4, -0.2) is 7.05 Å². The molecule has 84 valence electrons. The van der Waals surface area contributed by atoms with Gasteiger partial charge in [-0.15, -0.1) is 0 Å². The molecule has 1 aromatic carbocycles. The van der Waals surface area contributed by atoms with Gasteiger partial charge in [0.15, 0.2) is 4.67 Å². The van der Waals surface area contributed by atoms with Gasteiger partial charge in [-0.3, -0.25) is 0 Å². The Kier molecular flexibility index (Phi) is 3.69. The molecule has 0 radical (unpaired) electrons. The van der Waals surface area contributed by atoms with Gasteiger partial charge in [-0.1, -0.05) is 29.8 Å². The third-order valence-corrected chi connectivity index (χ3v) is 3.45. The predicted octanol–water partition coefficient (Wildman–Crippen LogP) is 4.00. The monoisotopic (exact) mass is 299 g/mol. The van der Waals surface area contributed by atoms with E-state index >= 15 is 0 Å². The van der Waals surface area contributed by atoms with Crippen molar-refractivity contribution in [1.82, 2.24) is 5.32 Å². The van der Waals surface area contributed by atoms with Crippen LogP contribution in [0.2, 0.25) is 5.02 Å². The minimum absolute atomic E-state index is 0.0295. The lowest BCUT2D eigenvalue weighted by molar-refractivity contribution is 0.530. The Balaban J connectivity index is 2.45. The minimum Gasteiger partial charge on any atom is -0.457 e. The average Bonchev–Trinajstić information content (AvgIpc) is 2.69. The van der Waals surface area contributed by atoms with Crippen LogP contribution in [-0.2, 0) is 0 Å². The summed E-state index contributed by atoms with van der Waals surface area (Å²) in [6.07, 6.45) is 1.65. The van der Waals surface area contributed by atoms with Crippen LogP contribution in [0.25, 0.3) is 0 Å². The van der Waals surface area contributed by atoms with E-state index in [0.29, 0.717) is 0 Å². The standard InChI is InChI=1S/C12H11BrClNO/c1-15-11(9-6-7-16-12(9)13)8-4-2-3-5-10(8)14/h2-7,11,15H,1H3. The van der Waals surface area contributed by atoms with E-state index in [2.05, 4.69) is 21.2 Å². The van der Waals surface area contributed by atoms with E-state index in [4.69, 9.17) is 16.0 Å². The number of furan rings is 1. The SMILES string of the molecule is CNC(c1ccccc1Cl)c1ccoc1Br. The Hall–Kier alpha value is -0.770. The number of hydrogen-bond donors (Lipinski definition) is 1. The molecule has 2 nitrogen and oxygen atoms in total. The highest BCUT2D eigenvalue weighted by Crippen LogP contribution is 2.32. The van der Waals surface area contributed by atoms with Gasteiger partial charge < -0.3 is 9.73 Å². The highest BCUT2D eigenvalue weighted by Gasteiger charge is 2.18. The molecule has 4 heteroatoms. The maximum Gasteiger partial charge on any atom is 0.174 e. The second-order valence-electron chi connectivity index (χ2n) is 3.39. The van der Waals surface area contributed by atoms with Gasteiger partial charge >= 0.3 is 0 Å². The second-order valence-corrected chi connectivity index (χ2v) is 4.52. The van der Waals surface area contributed by atoms with Gasteiger partial charge in [0.05, 0.1) is 12.3 Å². The third kappa shape index (κ3) is 2.17. The quantitative estimate of drug-likeness (QED) is 0.926. The molecule has 1 aromatic heterocycles. The molecule has 0 fully saturated rings. The number of nitrogens with one attached hydrogen (secondary N) is 1. The molecule has 0 spiro atoms. The lowest BCUT2D eigenvalue weighted by Gasteiger charge is -2.16. The van der Waals surface area contributed by atoms with Gasteiger partial charge in [-0.2, -0.15) is 0 Å². The zero-order valence-electron chi connectivity index (χ0n) is 8.71. The molecule has 1 unspecified atom stereocenters. The van der Waals surface area contributed by atoms with Gasteiger partial charge in [-0.25, -0.2) is 0 Å². The van der Waals surface area contributed by atoms with Crippen molar-refractivity contribution in [2.75, 3.05) is 7.05 Å². The van der Waals surface area contributed by atoms with Crippen molar-refractivity contribution in [2.45, 2.75) is 6.04 Å². The molecular formula is C12H11BrClNO. The number of halogens is 2. The van der Waals surface area contributed by atoms with E-state index < -0.39 is 0 Å². The molecular weight excluding hydrogens is 289 g/mol. The molecule has 1 N–H and O–H groups in total. The Morgan fingerprint density at radius 1 is 1.25 bits per heavy atom. The topological polar surface area (TPSA) is 25.2 Å². The van der Waals surface area contributed by atoms with Crippen LogP contribution >= 0.6 is 27.5 Å². The smallest absolute Gasteiger partial charge is 0.174 e. The van der Waals surface area contributed by atoms with Gasteiger partial charge in [0, 0.05) is 10.6 Å². The lowest BCUT2D eigenvalue weighted by Crippen LogP contribution is -2.17. The summed E-state index contributed by atoms with van der Waals surface area (Å²) < 4.78 is 5.97. The van der Waals surface area contributed by atoms with Crippen molar-refractivity contribution in [3.05, 3.63) is 57.4 Å². The highest BCUT2D eigenvalue weighted by molar-refractivity contribution is 9.10. The first-order valence-electron chi connectivity index (χ1n) is 4.88. The van der Waals surface area contributed by atoms with E-state index in [9.17, 15) is 0 Å². The van der Waals surface area contributed by atoms with Gasteiger partial charge in [0.25, 0.3) is 0 Å². The Morgan fingerprint density at radius 2 is 2.00 bits per heavy atom. The molecule has 0 amide bonds. The van der Waals surface area contributed by atoms with Crippen molar-refractivity contribution in [3.8, 4) is 0 Å². The Bertz CT molecular complexity index is 483. The fourth-order valence-electron chi connectivity index (χ4n) is 1.70. The van der Waals surface area contributed by atoms with Gasteiger partial charge in [-0.05, 0) is 40.7 Å². The van der Waals surface area contributed by atoms with Crippen molar-refractivity contribution in [1.29, 1.82) is 0 Å². The first-order chi connectivity index (χ1) is 7.74. The van der Waals surface area contributed by atoms with E-state index in [0.717, 1.165) is 20.8 Å². The number of benzene rings is 1. The Labute approximate surface area is 108 Å². The van der Waals surface area contributed by atoms with E-state index in [1.165, 1.54) is 0 Å². The van der Waals surface area contributed by atoms with Crippen LogP contribution in [0.4, 0.5) is 0 Å². The highest BCUT2D eigenvalue weighted by atomic mass is 79.9. The summed E-state index contributed by atoms with van der Waals surface area (Å²) >= 11 is 9.56. The van der Waals surface area contributed by atoms with Crippen LogP contribution in [0.1, 0.15) is 17.2 Å². The van der Waals surface area contributed by atoms with E-state index in [1.807, 2.05) is 37.4 Å². The first kappa shape index (κ1) is 11.7. The van der Waals surface area contributed by atoms with E-state index in [-0.39, 0.29) is 6.04 Å². The summed E-state index contributed by atoms with van der Waals surface area (Å²) in [4.78, 5) is 0. The zero-order chi connectivity index (χ0) is 11.5. The molecule has 0 saturated heterocycles. The molecule has 0 aliphatic rings. The third-order valence-electron chi connectivity index (χ3n) is 2.46. The summed E-state index contributed by atoms with van der Waals surface area (Å²) in [5, 5.41) is 3.97. The molecule has 0 saturated carbocycles. The summed E-state index contributed by atoms with van der Waals surface area (Å²) in [7, 11) is 1.90. The van der Waals surface area contributed by atoms with Gasteiger partial charge in [0.2, 0.25) is 0 Å². The Morgan fingerprint density at radius 3 is 2.56 bits per heavy atom. The van der Waals surface area contributed by atoms with Crippen LogP contribution in [0.3, 0.4) is 0 Å². The fraction of sp³-hybridized carbons (Fsp3) is 0.167. The van der Waals surface area contributed by atoms with Crippen molar-refractivity contribution in [2.24, 2.45) is 0 Å². The maximum atomic E-state index is 6.18. The predicted molar refractivity (Wildman–Crippen MR) is 68.8 cm³/mol. The normalized spacial score (nSPS) is 12.7. The van der Waals surface area contributed by atoms with Crippen molar-refractivity contribution in [3.63, 3.8) is 0 Å². The van der Waals surface area contributed by atoms with E-state index in [1.54, 1.807) is 6.26 Å². The summed E-state index contributed by atoms with van der Waals surface area (Å²) in [5.74, 6) is 0. The van der Waals surface area contributed by atoms with Crippen LogP contribution in [0.15, 0.2) is 45.7 Å². The van der Waals surface area contributed by atoms with Gasteiger partial charge in [0.1, 0.15) is 0 Å². The number of rotatable bonds is 3. The maximum absolute atomic E-state index is 6.18. The summed E-state index contributed by atoms with van der Waals surface area (Å²) in [6, 6.07) is 9.73. The molecule has 2 aromatic rings. The largest absolute Gasteiger partial charge is 0.457 e. The fourth-order valence-corrected chi connectivity index (χ4v) is 2.41. The molecule has 0 aliphatic heterocycles. The van der Waals surface area contributed by atoms with Crippen LogP contribution in [0, 0.1) is 0 Å². The average molecular weight is 301 g/mol. The minimum atomic E-state index is 0.0295. The van der Waals surface area contributed by atoms with Crippen LogP contribution in [0.5, 0.6) is 0 Å². The van der Waals surface area contributed by atoms with Crippen LogP contribution < -0.4 is 5.32 Å². The zero-order valence-corrected chi connectivity index (χ0v) is 11.0. The second kappa shape index (κ2) is 5.04. The molecule has 0 aliphatic carbocycles. The number of hydrogen-bond acceptors (Lipinski definition) is 2. The first-order valence-corrected chi connectivity index (χ1v) is 6.05. The van der Waals surface area contributed by atoms with Crippen molar-refractivity contribution >= 4 is 27.5 Å². The summed E-state index contributed by atoms with van der Waals surface area (Å²) in [5.41, 5.74) is 2.07.